The van der Waals surface area contributed by atoms with E-state index >= 15 is 0 Å². The molecule has 1 spiro atoms. The highest BCUT2D eigenvalue weighted by molar-refractivity contribution is 7.88. The number of fused-ring (bicyclic) bond motifs is 6. The summed E-state index contributed by atoms with van der Waals surface area (Å²) in [6.45, 7) is 13.9. The van der Waals surface area contributed by atoms with E-state index in [1.165, 1.54) is 42.5 Å². The number of methoxy groups -OCH3 is 1. The number of benzene rings is 2. The van der Waals surface area contributed by atoms with Crippen LogP contribution < -0.4 is 9.62 Å². The van der Waals surface area contributed by atoms with Gasteiger partial charge in [0.2, 0.25) is 15.6 Å². The molecule has 2 saturated heterocycles. The van der Waals surface area contributed by atoms with Gasteiger partial charge in [0.15, 0.2) is 6.10 Å². The first kappa shape index (κ1) is 44.2. The number of nitrogens with zero attached hydrogens (tertiary/aromatic N) is 3. The lowest BCUT2D eigenvalue weighted by molar-refractivity contribution is -0.228. The van der Waals surface area contributed by atoms with Crippen LogP contribution in [0.3, 0.4) is 0 Å². The van der Waals surface area contributed by atoms with E-state index in [4.69, 9.17) is 19.1 Å². The second kappa shape index (κ2) is 15.4. The summed E-state index contributed by atoms with van der Waals surface area (Å²) in [6, 6.07) is 12.2. The molecule has 9 rings (SSSR count). The molecule has 3 aromatic rings. The number of aryl methyl sites for hydroxylation is 1. The van der Waals surface area contributed by atoms with Crippen LogP contribution in [-0.2, 0) is 55.9 Å². The molecule has 6 heterocycles. The zero-order valence-corrected chi connectivity index (χ0v) is 38.0. The molecule has 334 valence electrons. The van der Waals surface area contributed by atoms with Crippen molar-refractivity contribution in [3.05, 3.63) is 76.5 Å². The number of carbonyl (C=O) groups excluding carboxylic acids is 4. The maximum Gasteiger partial charge on any atom is 0.373 e. The smallest absolute Gasteiger partial charge is 0.373 e. The van der Waals surface area contributed by atoms with Crippen LogP contribution in [0.25, 0.3) is 10.9 Å². The fourth-order valence-electron chi connectivity index (χ4n) is 14.1. The van der Waals surface area contributed by atoms with Gasteiger partial charge in [-0.05, 0) is 99.2 Å². The number of ether oxygens (including phenoxy) is 2. The minimum atomic E-state index is -3.47. The number of nitrogens with one attached hydrogen (secondary N) is 2. The number of likely N-dealkylation sites (N-methyl/N-ethyl adjacent to an activating group) is 1. The summed E-state index contributed by atoms with van der Waals surface area (Å²) in [7, 11) is -0.208. The normalized spacial score (nSPS) is 35.8. The van der Waals surface area contributed by atoms with Gasteiger partial charge in [-0.3, -0.25) is 9.69 Å². The van der Waals surface area contributed by atoms with Crippen molar-refractivity contribution in [2.75, 3.05) is 58.0 Å². The summed E-state index contributed by atoms with van der Waals surface area (Å²) in [5, 5.41) is 14.5. The van der Waals surface area contributed by atoms with Crippen LogP contribution in [0.2, 0.25) is 0 Å². The Hall–Kier alpha value is -4.37. The predicted molar refractivity (Wildman–Crippen MR) is 233 cm³/mol. The fourth-order valence-corrected chi connectivity index (χ4v) is 15.1. The van der Waals surface area contributed by atoms with E-state index in [1.54, 1.807) is 0 Å². The van der Waals surface area contributed by atoms with E-state index in [2.05, 4.69) is 101 Å². The largest absolute Gasteiger partial charge is 0.467 e. The molecule has 5 aliphatic heterocycles. The molecule has 6 aliphatic rings. The number of para-hydroxylation sites is 1. The van der Waals surface area contributed by atoms with E-state index in [0.717, 1.165) is 67.8 Å². The molecular formula is C47H61N5O9S. The quantitative estimate of drug-likeness (QED) is 0.229. The number of sulfonamides is 1. The predicted octanol–water partition coefficient (Wildman–Crippen LogP) is 4.11. The van der Waals surface area contributed by atoms with Crippen LogP contribution in [0.1, 0.15) is 87.7 Å². The molecule has 2 bridgehead atoms. The van der Waals surface area contributed by atoms with Crippen molar-refractivity contribution < 1.29 is 42.2 Å². The van der Waals surface area contributed by atoms with Crippen molar-refractivity contribution in [1.29, 1.82) is 0 Å². The number of anilines is 1. The third-order valence-corrected chi connectivity index (χ3v) is 16.7. The van der Waals surface area contributed by atoms with Gasteiger partial charge in [0.05, 0.1) is 19.4 Å². The molecule has 0 radical (unpaired) electrons. The highest BCUT2D eigenvalue weighted by atomic mass is 32.2. The molecule has 14 nitrogen and oxygen atoms in total. The van der Waals surface area contributed by atoms with Gasteiger partial charge >= 0.3 is 18.1 Å². The minimum absolute atomic E-state index is 0.170. The van der Waals surface area contributed by atoms with Crippen LogP contribution in [0, 0.1) is 18.3 Å². The summed E-state index contributed by atoms with van der Waals surface area (Å²) in [5.74, 6) is -1.19. The average molecular weight is 872 g/mol. The Labute approximate surface area is 364 Å². The highest BCUT2D eigenvalue weighted by Gasteiger charge is 2.80. The molecule has 3 fully saturated rings. The number of carbonyl (C=O) groups is 2. The molecule has 15 heteroatoms. The molecule has 3 unspecified atom stereocenters. The van der Waals surface area contributed by atoms with E-state index < -0.39 is 61.5 Å². The van der Waals surface area contributed by atoms with Crippen LogP contribution in [0.4, 0.5) is 5.69 Å². The Balaban J connectivity index is 0.00000171. The number of hydrogen-bond acceptors (Lipinski definition) is 12. The lowest BCUT2D eigenvalue weighted by atomic mass is 9.47. The number of H-pyrrole nitrogens is 1. The number of rotatable bonds is 7. The van der Waals surface area contributed by atoms with Gasteiger partial charge in [0.1, 0.15) is 0 Å². The molecular weight excluding hydrogens is 811 g/mol. The van der Waals surface area contributed by atoms with E-state index in [0.29, 0.717) is 25.8 Å². The number of hydrogen-bond donors (Lipinski definition) is 3. The Bertz CT molecular complexity index is 2480. The zero-order chi connectivity index (χ0) is 44.8. The first-order valence-electron chi connectivity index (χ1n) is 21.9. The molecule has 3 N–H and O–H groups in total. The van der Waals surface area contributed by atoms with Gasteiger partial charge < -0.3 is 29.4 Å². The Morgan fingerprint density at radius 2 is 1.79 bits per heavy atom. The number of aromatic amines is 1. The zero-order valence-electron chi connectivity index (χ0n) is 37.2. The molecule has 62 heavy (non-hydrogen) atoms. The van der Waals surface area contributed by atoms with E-state index in [9.17, 15) is 23.1 Å². The first-order valence-corrected chi connectivity index (χ1v) is 23.8. The number of piperidine rings is 1. The number of aliphatic hydroxyl groups is 1. The average Bonchev–Trinajstić information content (AvgIpc) is 3.88. The van der Waals surface area contributed by atoms with Crippen molar-refractivity contribution in [1.82, 2.24) is 19.5 Å². The highest BCUT2D eigenvalue weighted by Crippen LogP contribution is 2.68. The van der Waals surface area contributed by atoms with Gasteiger partial charge in [-0.2, -0.15) is 9.59 Å². The fraction of sp³-hybridized carbons (Fsp3) is 0.596. The number of esters is 2. The molecule has 10 atom stereocenters. The van der Waals surface area contributed by atoms with Crippen LogP contribution in [0.15, 0.2) is 48.6 Å². The lowest BCUT2D eigenvalue weighted by Crippen LogP contribution is -2.81. The van der Waals surface area contributed by atoms with Crippen LogP contribution in [0.5, 0.6) is 0 Å². The molecule has 1 saturated carbocycles. The Morgan fingerprint density at radius 3 is 2.45 bits per heavy atom. The third-order valence-electron chi connectivity index (χ3n) is 15.9. The van der Waals surface area contributed by atoms with Crippen molar-refractivity contribution in [2.45, 2.75) is 113 Å². The van der Waals surface area contributed by atoms with Crippen LogP contribution in [-0.4, -0.2) is 129 Å². The van der Waals surface area contributed by atoms with Crippen molar-refractivity contribution in [3.8, 4) is 0 Å². The maximum atomic E-state index is 14.4. The second-order valence-corrected chi connectivity index (χ2v) is 21.0. The van der Waals surface area contributed by atoms with Crippen molar-refractivity contribution in [3.63, 3.8) is 0 Å². The summed E-state index contributed by atoms with van der Waals surface area (Å²) in [4.78, 5) is 54.6. The molecule has 1 aromatic heterocycles. The topological polar surface area (TPSA) is 179 Å². The number of aromatic nitrogens is 1. The first-order chi connectivity index (χ1) is 29.3. The lowest BCUT2D eigenvalue weighted by Gasteiger charge is -2.63. The monoisotopic (exact) mass is 871 g/mol. The maximum absolute atomic E-state index is 14.4. The van der Waals surface area contributed by atoms with E-state index in [1.807, 2.05) is 7.05 Å². The van der Waals surface area contributed by atoms with E-state index in [-0.39, 0.29) is 18.1 Å². The summed E-state index contributed by atoms with van der Waals surface area (Å²) in [5.41, 5.74) is 2.98. The second-order valence-electron chi connectivity index (χ2n) is 19.3. The Kier molecular flexibility index (Phi) is 11.0. The standard InChI is InChI=1S/C46H61N5O7S.CO2/c1-9-43(48-59(8,55)56)25-30-24-42(5,37-32(16-20-50(26-30)27-43)31-14-11-12-15-35(31)47-37)33-23-34-36(22-28(33)3)49(6)39-45(34)18-21-51-19-13-17-44(10-2,38(45)51)40(58-29(4)52)46(39,54)41(53)57-7;2-1-3/h11-15,17,22-23,30,38-40,47-48,54H,9-10,16,18-21,24-27H2,1-8H3;/t30-,38-,39?,40+,42+,43?,44+,45+,46-;/m0./s1. The van der Waals surface area contributed by atoms with Gasteiger partial charge in [-0.1, -0.05) is 50.3 Å². The molecule has 0 amide bonds. The van der Waals surface area contributed by atoms with Gasteiger partial charge in [-0.15, -0.1) is 0 Å². The molecule has 2 aromatic carbocycles. The SMILES string of the molecule is CCC1(NS(C)(=O)=O)C[C@H]2CN(CCc3c([nH]c4ccccc34)[C@@](C)(c3cc4c(cc3C)N(C)C3[C@]45CCN4CC=C[C@@](CC)([C@@H](OC(C)=O)[C@]3(O)C(=O)OC)[C@H]45)C2)C1.O=C=O. The Morgan fingerprint density at radius 1 is 1.06 bits per heavy atom. The summed E-state index contributed by atoms with van der Waals surface area (Å²) < 4.78 is 40.6. The molecule has 1 aliphatic carbocycles. The van der Waals surface area contributed by atoms with Gasteiger partial charge in [0.25, 0.3) is 0 Å². The van der Waals surface area contributed by atoms with Crippen LogP contribution >= 0.6 is 0 Å². The third kappa shape index (κ3) is 6.36. The summed E-state index contributed by atoms with van der Waals surface area (Å²) in [6.07, 6.45) is 8.78. The van der Waals surface area contributed by atoms with Gasteiger partial charge in [-0.25, -0.2) is 17.9 Å². The minimum Gasteiger partial charge on any atom is -0.467 e. The van der Waals surface area contributed by atoms with Crippen molar-refractivity contribution in [2.24, 2.45) is 11.3 Å². The summed E-state index contributed by atoms with van der Waals surface area (Å²) >= 11 is 0. The van der Waals surface area contributed by atoms with Crippen molar-refractivity contribution >= 4 is 44.7 Å². The van der Waals surface area contributed by atoms with Gasteiger partial charge in [0, 0.05) is 90.3 Å².